The third-order valence-corrected chi connectivity index (χ3v) is 4.66. The number of likely N-dealkylation sites (tertiary alicyclic amines) is 1. The Bertz CT molecular complexity index is 662. The van der Waals surface area contributed by atoms with Crippen molar-refractivity contribution in [2.45, 2.75) is 38.5 Å². The van der Waals surface area contributed by atoms with Crippen molar-refractivity contribution in [2.75, 3.05) is 19.0 Å². The number of halogens is 1. The molecule has 3 rings (SSSR count). The second kappa shape index (κ2) is 7.73. The van der Waals surface area contributed by atoms with Gasteiger partial charge in [-0.2, -0.15) is 0 Å². The van der Waals surface area contributed by atoms with E-state index in [2.05, 4.69) is 4.98 Å². The molecule has 0 spiro atoms. The van der Waals surface area contributed by atoms with Crippen LogP contribution in [0.5, 0.6) is 5.75 Å². The van der Waals surface area contributed by atoms with Crippen molar-refractivity contribution >= 4 is 28.6 Å². The summed E-state index contributed by atoms with van der Waals surface area (Å²) >= 11 is 5.75. The van der Waals surface area contributed by atoms with Crippen molar-refractivity contribution in [1.82, 2.24) is 9.88 Å². The Morgan fingerprint density at radius 3 is 2.83 bits per heavy atom. The number of benzene rings is 1. The third-order valence-electron chi connectivity index (χ3n) is 4.39. The minimum Gasteiger partial charge on any atom is -0.410 e. The quantitative estimate of drug-likeness (QED) is 0.635. The van der Waals surface area contributed by atoms with Gasteiger partial charge in [-0.05, 0) is 62.3 Å². The molecule has 0 atom stereocenters. The first-order valence-corrected chi connectivity index (χ1v) is 8.94. The van der Waals surface area contributed by atoms with Crippen LogP contribution in [0.25, 0.3) is 10.9 Å². The molecule has 1 N–H and O–H groups in total. The third kappa shape index (κ3) is 3.99. The molecule has 1 aromatic heterocycles. The van der Waals surface area contributed by atoms with Crippen LogP contribution in [-0.2, 0) is 6.42 Å². The predicted molar refractivity (Wildman–Crippen MR) is 93.4 cm³/mol. The number of fused-ring (bicyclic) bond motifs is 1. The Balaban J connectivity index is 1.70. The second-order valence-electron chi connectivity index (χ2n) is 6.08. The molecule has 0 saturated carbocycles. The molecule has 0 unspecified atom stereocenters. The fourth-order valence-corrected chi connectivity index (χ4v) is 3.27. The maximum atomic E-state index is 12.2. The van der Waals surface area contributed by atoms with E-state index in [9.17, 15) is 4.79 Å². The van der Waals surface area contributed by atoms with Crippen LogP contribution < -0.4 is 4.74 Å². The first-order chi connectivity index (χ1) is 11.3. The first kappa shape index (κ1) is 16.2. The van der Waals surface area contributed by atoms with E-state index >= 15 is 0 Å². The number of hydrogen-bond donors (Lipinski definition) is 1. The van der Waals surface area contributed by atoms with Crippen LogP contribution in [-0.4, -0.2) is 34.9 Å². The summed E-state index contributed by atoms with van der Waals surface area (Å²) in [5, 5.41) is 1.13. The van der Waals surface area contributed by atoms with Crippen LogP contribution in [0.4, 0.5) is 4.79 Å². The van der Waals surface area contributed by atoms with Gasteiger partial charge in [0.05, 0.1) is 0 Å². The van der Waals surface area contributed by atoms with Gasteiger partial charge in [-0.25, -0.2) is 4.79 Å². The van der Waals surface area contributed by atoms with Gasteiger partial charge < -0.3 is 14.6 Å². The van der Waals surface area contributed by atoms with Crippen molar-refractivity contribution in [3.05, 3.63) is 30.0 Å². The zero-order valence-corrected chi connectivity index (χ0v) is 14.1. The molecule has 2 aromatic rings. The number of hydrogen-bond acceptors (Lipinski definition) is 2. The highest BCUT2D eigenvalue weighted by Gasteiger charge is 2.18. The van der Waals surface area contributed by atoms with E-state index < -0.39 is 0 Å². The number of carbonyl (C=O) groups excluding carboxylic acids is 1. The topological polar surface area (TPSA) is 45.3 Å². The van der Waals surface area contributed by atoms with Crippen molar-refractivity contribution in [3.63, 3.8) is 0 Å². The summed E-state index contributed by atoms with van der Waals surface area (Å²) in [7, 11) is 0. The van der Waals surface area contributed by atoms with Crippen LogP contribution in [0.2, 0.25) is 0 Å². The molecule has 1 aliphatic rings. The van der Waals surface area contributed by atoms with Gasteiger partial charge in [-0.15, -0.1) is 11.6 Å². The number of nitrogens with zero attached hydrogens (tertiary/aromatic N) is 1. The highest BCUT2D eigenvalue weighted by molar-refractivity contribution is 6.17. The number of aromatic nitrogens is 1. The molecule has 4 nitrogen and oxygen atoms in total. The van der Waals surface area contributed by atoms with Gasteiger partial charge in [-0.1, -0.05) is 0 Å². The summed E-state index contributed by atoms with van der Waals surface area (Å²) in [4.78, 5) is 17.3. The fraction of sp³-hybridized carbons (Fsp3) is 0.500. The van der Waals surface area contributed by atoms with Gasteiger partial charge in [0.15, 0.2) is 0 Å². The number of rotatable bonds is 5. The molecule has 1 fully saturated rings. The number of ether oxygens (including phenoxy) is 1. The predicted octanol–water partition coefficient (Wildman–Crippen LogP) is 4.71. The normalized spacial score (nSPS) is 15.1. The van der Waals surface area contributed by atoms with Crippen LogP contribution in [0, 0.1) is 0 Å². The second-order valence-corrected chi connectivity index (χ2v) is 6.46. The molecule has 2 heterocycles. The lowest BCUT2D eigenvalue weighted by Crippen LogP contribution is -2.37. The van der Waals surface area contributed by atoms with Gasteiger partial charge >= 0.3 is 6.09 Å². The highest BCUT2D eigenvalue weighted by atomic mass is 35.5. The summed E-state index contributed by atoms with van der Waals surface area (Å²) in [6, 6.07) is 5.78. The summed E-state index contributed by atoms with van der Waals surface area (Å²) in [6.45, 7) is 1.60. The van der Waals surface area contributed by atoms with Gasteiger partial charge in [0.25, 0.3) is 0 Å². The van der Waals surface area contributed by atoms with Crippen molar-refractivity contribution in [3.8, 4) is 5.75 Å². The van der Waals surface area contributed by atoms with Crippen molar-refractivity contribution in [1.29, 1.82) is 0 Å². The average Bonchev–Trinajstić information content (AvgIpc) is 2.98. The van der Waals surface area contributed by atoms with Crippen LogP contribution in [0.15, 0.2) is 24.4 Å². The number of aryl methyl sites for hydroxylation is 1. The molecule has 0 aliphatic carbocycles. The smallest absolute Gasteiger partial charge is 0.410 e. The summed E-state index contributed by atoms with van der Waals surface area (Å²) in [5.41, 5.74) is 2.32. The molecule has 1 amide bonds. The van der Waals surface area contributed by atoms with E-state index in [-0.39, 0.29) is 6.09 Å². The van der Waals surface area contributed by atoms with E-state index in [4.69, 9.17) is 16.3 Å². The molecule has 1 saturated heterocycles. The van der Waals surface area contributed by atoms with Crippen LogP contribution >= 0.6 is 11.6 Å². The largest absolute Gasteiger partial charge is 0.415 e. The minimum absolute atomic E-state index is 0.233. The SMILES string of the molecule is O=C(Oc1ccc2[nH]cc(CCCCCl)c2c1)N1CCCCC1. The molecule has 1 aliphatic heterocycles. The monoisotopic (exact) mass is 334 g/mol. The number of carbonyl (C=O) groups is 1. The summed E-state index contributed by atoms with van der Waals surface area (Å²) in [5.74, 6) is 1.31. The Labute approximate surface area is 141 Å². The maximum Gasteiger partial charge on any atom is 0.415 e. The van der Waals surface area contributed by atoms with E-state index in [0.29, 0.717) is 11.6 Å². The number of amides is 1. The standard InChI is InChI=1S/C18H23ClN2O2/c19-9-3-2-6-14-13-20-17-8-7-15(12-16(14)17)23-18(22)21-10-4-1-5-11-21/h7-8,12-13,20H,1-6,9-11H2. The van der Waals surface area contributed by atoms with Gasteiger partial charge in [0, 0.05) is 36.1 Å². The molecule has 0 bridgehead atoms. The van der Waals surface area contributed by atoms with E-state index in [1.54, 1.807) is 4.90 Å². The van der Waals surface area contributed by atoms with Gasteiger partial charge in [-0.3, -0.25) is 0 Å². The molecule has 0 radical (unpaired) electrons. The zero-order valence-electron chi connectivity index (χ0n) is 13.3. The van der Waals surface area contributed by atoms with E-state index in [1.807, 2.05) is 24.4 Å². The average molecular weight is 335 g/mol. The summed E-state index contributed by atoms with van der Waals surface area (Å²) in [6.07, 6.45) is 8.19. The number of H-pyrrole nitrogens is 1. The number of aromatic amines is 1. The molecule has 124 valence electrons. The minimum atomic E-state index is -0.233. The fourth-order valence-electron chi connectivity index (χ4n) is 3.08. The van der Waals surface area contributed by atoms with Gasteiger partial charge in [0.2, 0.25) is 0 Å². The Morgan fingerprint density at radius 2 is 2.04 bits per heavy atom. The molecule has 1 aromatic carbocycles. The summed E-state index contributed by atoms with van der Waals surface area (Å²) < 4.78 is 5.56. The molecule has 5 heteroatoms. The van der Waals surface area contributed by atoms with E-state index in [1.165, 1.54) is 12.0 Å². The number of nitrogens with one attached hydrogen (secondary N) is 1. The van der Waals surface area contributed by atoms with E-state index in [0.717, 1.165) is 56.1 Å². The Morgan fingerprint density at radius 1 is 1.22 bits per heavy atom. The zero-order chi connectivity index (χ0) is 16.1. The van der Waals surface area contributed by atoms with Gasteiger partial charge in [0.1, 0.15) is 5.75 Å². The molecular formula is C18H23ClN2O2. The van der Waals surface area contributed by atoms with Crippen molar-refractivity contribution in [2.24, 2.45) is 0 Å². The van der Waals surface area contributed by atoms with Crippen LogP contribution in [0.3, 0.4) is 0 Å². The number of alkyl halides is 1. The highest BCUT2D eigenvalue weighted by Crippen LogP contribution is 2.25. The molecule has 23 heavy (non-hydrogen) atoms. The lowest BCUT2D eigenvalue weighted by Gasteiger charge is -2.25. The van der Waals surface area contributed by atoms with Crippen LogP contribution in [0.1, 0.15) is 37.7 Å². The lowest BCUT2D eigenvalue weighted by atomic mass is 10.1. The number of piperidine rings is 1. The lowest BCUT2D eigenvalue weighted by molar-refractivity contribution is 0.142. The maximum absolute atomic E-state index is 12.2. The Hall–Kier alpha value is -1.68. The number of unbranched alkanes of at least 4 members (excludes halogenated alkanes) is 1. The van der Waals surface area contributed by atoms with Crippen molar-refractivity contribution < 1.29 is 9.53 Å². The first-order valence-electron chi connectivity index (χ1n) is 8.40. The Kier molecular flexibility index (Phi) is 5.44. The molecular weight excluding hydrogens is 312 g/mol.